The smallest absolute Gasteiger partial charge is 0.327 e. The molecule has 0 radical (unpaired) electrons. The Labute approximate surface area is 246 Å². The van der Waals surface area contributed by atoms with Crippen molar-refractivity contribution in [3.05, 3.63) is 138 Å². The molecule has 41 heavy (non-hydrogen) atoms. The Balaban J connectivity index is 1.60. The minimum Gasteiger partial charge on any atom is -0.377 e. The van der Waals surface area contributed by atoms with E-state index in [1.54, 1.807) is 0 Å². The predicted octanol–water partition coefficient (Wildman–Crippen LogP) is 7.51. The van der Waals surface area contributed by atoms with Gasteiger partial charge in [0.05, 0.1) is 5.69 Å². The molecule has 7 rings (SSSR count). The molecule has 202 valence electrons. The first-order chi connectivity index (χ1) is 19.7. The van der Waals surface area contributed by atoms with Gasteiger partial charge in [0.1, 0.15) is 8.07 Å². The van der Waals surface area contributed by atoms with E-state index in [1.807, 2.05) is 6.08 Å². The van der Waals surface area contributed by atoms with Crippen LogP contribution in [0.5, 0.6) is 0 Å². The topological polar surface area (TPSA) is 6.48 Å². The summed E-state index contributed by atoms with van der Waals surface area (Å²) in [5.41, 5.74) is 13.2. The molecule has 0 spiro atoms. The molecule has 3 aliphatic rings. The third-order valence-corrected chi connectivity index (χ3v) is 13.3. The summed E-state index contributed by atoms with van der Waals surface area (Å²) in [5, 5.41) is 3.03. The molecule has 0 N–H and O–H groups in total. The zero-order chi connectivity index (χ0) is 28.7. The summed E-state index contributed by atoms with van der Waals surface area (Å²) in [7, 11) is -1.91. The highest BCUT2D eigenvalue weighted by Crippen LogP contribution is 2.52. The van der Waals surface area contributed by atoms with Crippen molar-refractivity contribution in [2.24, 2.45) is 0 Å². The van der Waals surface area contributed by atoms with Crippen LogP contribution < -0.4 is 25.5 Å². The van der Waals surface area contributed by atoms with Crippen molar-refractivity contribution in [1.29, 1.82) is 0 Å². The van der Waals surface area contributed by atoms with Crippen molar-refractivity contribution < 1.29 is 0 Å². The summed E-state index contributed by atoms with van der Waals surface area (Å²) in [6.45, 7) is 18.5. The molecule has 3 heterocycles. The number of hydrogen-bond donors (Lipinski definition) is 0. The second kappa shape index (κ2) is 8.99. The van der Waals surface area contributed by atoms with Crippen LogP contribution in [-0.2, 0) is 5.41 Å². The van der Waals surface area contributed by atoms with E-state index >= 15 is 0 Å². The van der Waals surface area contributed by atoms with E-state index in [0.29, 0.717) is 0 Å². The normalized spacial score (nSPS) is 17.7. The molecule has 0 atom stereocenters. The number of para-hydroxylation sites is 4. The summed E-state index contributed by atoms with van der Waals surface area (Å²) in [5.74, 6) is 0. The first-order valence-electron chi connectivity index (χ1n) is 14.7. The minimum absolute atomic E-state index is 0.0535. The molecular weight excluding hydrogens is 511 g/mol. The number of anilines is 4. The Bertz CT molecular complexity index is 1810. The molecule has 0 amide bonds. The number of allylic oxidation sites excluding steroid dienone is 4. The molecule has 0 aromatic heterocycles. The number of fused-ring (bicyclic) bond motifs is 4. The molecule has 4 aromatic carbocycles. The lowest BCUT2D eigenvalue weighted by atomic mass is 9.45. The fourth-order valence-corrected chi connectivity index (χ4v) is 10.8. The second-order valence-corrected chi connectivity index (χ2v) is 17.1. The second-order valence-electron chi connectivity index (χ2n) is 12.8. The van der Waals surface area contributed by atoms with E-state index in [-0.39, 0.29) is 12.3 Å². The van der Waals surface area contributed by atoms with Crippen LogP contribution in [0.4, 0.5) is 22.7 Å². The van der Waals surface area contributed by atoms with E-state index in [0.717, 1.165) is 0 Å². The summed E-state index contributed by atoms with van der Waals surface area (Å²) >= 11 is 0. The number of benzene rings is 4. The molecule has 2 nitrogen and oxygen atoms in total. The van der Waals surface area contributed by atoms with Crippen LogP contribution in [0.15, 0.2) is 121 Å². The summed E-state index contributed by atoms with van der Waals surface area (Å²) in [6, 6.07) is 32.0. The molecule has 0 aliphatic carbocycles. The van der Waals surface area contributed by atoms with E-state index in [2.05, 4.69) is 154 Å². The number of nitrogens with zero attached hydrogens (tertiary/aromatic N) is 2. The van der Waals surface area contributed by atoms with Crippen LogP contribution in [0.1, 0.15) is 37.5 Å². The van der Waals surface area contributed by atoms with Gasteiger partial charge in [0.2, 0.25) is 0 Å². The Morgan fingerprint density at radius 3 is 2.20 bits per heavy atom. The van der Waals surface area contributed by atoms with E-state index in [4.69, 9.17) is 0 Å². The largest absolute Gasteiger partial charge is 0.377 e. The van der Waals surface area contributed by atoms with Crippen molar-refractivity contribution in [2.45, 2.75) is 46.2 Å². The molecule has 3 aliphatic heterocycles. The van der Waals surface area contributed by atoms with Crippen molar-refractivity contribution >= 4 is 53.5 Å². The van der Waals surface area contributed by atoms with Gasteiger partial charge in [0, 0.05) is 28.2 Å². The van der Waals surface area contributed by atoms with Gasteiger partial charge in [0.15, 0.2) is 0 Å². The minimum atomic E-state index is -1.91. The van der Waals surface area contributed by atoms with Gasteiger partial charge in [-0.2, -0.15) is 0 Å². The number of rotatable bonds is 3. The van der Waals surface area contributed by atoms with Crippen LogP contribution in [-0.4, -0.2) is 14.9 Å². The van der Waals surface area contributed by atoms with Crippen molar-refractivity contribution in [3.8, 4) is 0 Å². The first kappa shape index (κ1) is 25.9. The van der Waals surface area contributed by atoms with Gasteiger partial charge in [-0.15, -0.1) is 0 Å². The zero-order valence-corrected chi connectivity index (χ0v) is 26.0. The fourth-order valence-electron chi connectivity index (χ4n) is 7.73. The van der Waals surface area contributed by atoms with Gasteiger partial charge >= 0.3 is 6.85 Å². The van der Waals surface area contributed by atoms with E-state index in [1.165, 1.54) is 66.4 Å². The highest BCUT2D eigenvalue weighted by molar-refractivity contribution is 7.04. The van der Waals surface area contributed by atoms with Gasteiger partial charge in [-0.05, 0) is 64.6 Å². The van der Waals surface area contributed by atoms with E-state index < -0.39 is 8.07 Å². The molecule has 0 fully saturated rings. The zero-order valence-electron chi connectivity index (χ0n) is 25.0. The monoisotopic (exact) mass is 548 g/mol. The van der Waals surface area contributed by atoms with Crippen LogP contribution in [0.25, 0.3) is 0 Å². The summed E-state index contributed by atoms with van der Waals surface area (Å²) in [4.78, 5) is 5.19. The van der Waals surface area contributed by atoms with Crippen LogP contribution in [0, 0.1) is 6.92 Å². The number of hydrogen-bond acceptors (Lipinski definition) is 2. The third kappa shape index (κ3) is 3.44. The summed E-state index contributed by atoms with van der Waals surface area (Å²) in [6.07, 6.45) is 6.24. The van der Waals surface area contributed by atoms with Crippen molar-refractivity contribution in [3.63, 3.8) is 0 Å². The average molecular weight is 549 g/mol. The van der Waals surface area contributed by atoms with Gasteiger partial charge < -0.3 is 9.71 Å². The Morgan fingerprint density at radius 2 is 1.41 bits per heavy atom. The molecular formula is C37H37BN2Si. The molecule has 0 saturated carbocycles. The van der Waals surface area contributed by atoms with Gasteiger partial charge in [0.25, 0.3) is 0 Å². The maximum Gasteiger partial charge on any atom is 0.327 e. The van der Waals surface area contributed by atoms with Gasteiger partial charge in [-0.1, -0.05) is 124 Å². The molecule has 4 aromatic rings. The third-order valence-electron chi connectivity index (χ3n) is 9.77. The SMILES string of the molecule is C=C/C=C\C1=C(C)B(N2c3ccccc3[Si](C)(C)c3cccc(C)c32)c2cccc3c2N1c1ccccc1C3(C)C. The Kier molecular flexibility index (Phi) is 5.68. The Morgan fingerprint density at radius 1 is 0.756 bits per heavy atom. The van der Waals surface area contributed by atoms with E-state index in [9.17, 15) is 0 Å². The lowest BCUT2D eigenvalue weighted by Crippen LogP contribution is -2.64. The van der Waals surface area contributed by atoms with Gasteiger partial charge in [-0.3, -0.25) is 0 Å². The maximum absolute atomic E-state index is 4.03. The van der Waals surface area contributed by atoms with Crippen LogP contribution in [0.2, 0.25) is 13.1 Å². The van der Waals surface area contributed by atoms with Crippen LogP contribution in [0.3, 0.4) is 0 Å². The molecule has 0 unspecified atom stereocenters. The number of aryl methyl sites for hydroxylation is 1. The standard InChI is InChI=1S/C37H37BN2Si/c1-8-9-20-30-26(3)38(29-19-15-18-28-36(29)39(30)31-21-11-10-17-27(31)37(28,4)5)40-32-22-12-13-23-33(32)41(6,7)34-24-14-16-25(2)35(34)40/h8-24H,1H2,2-7H3/b20-9-. The maximum atomic E-state index is 4.03. The quantitative estimate of drug-likeness (QED) is 0.193. The van der Waals surface area contributed by atoms with Gasteiger partial charge in [-0.25, -0.2) is 0 Å². The lowest BCUT2D eigenvalue weighted by molar-refractivity contribution is 0.630. The highest BCUT2D eigenvalue weighted by Gasteiger charge is 2.48. The average Bonchev–Trinajstić information content (AvgIpc) is 2.97. The fraction of sp³-hybridized carbons (Fsp3) is 0.189. The molecule has 0 saturated heterocycles. The molecule has 0 bridgehead atoms. The lowest BCUT2D eigenvalue weighted by Gasteiger charge is -2.50. The van der Waals surface area contributed by atoms with Crippen molar-refractivity contribution in [1.82, 2.24) is 0 Å². The first-order valence-corrected chi connectivity index (χ1v) is 17.7. The summed E-state index contributed by atoms with van der Waals surface area (Å²) < 4.78 is 0. The van der Waals surface area contributed by atoms with Crippen LogP contribution >= 0.6 is 0 Å². The highest BCUT2D eigenvalue weighted by atomic mass is 28.3. The Hall–Kier alpha value is -4.02. The molecule has 4 heteroatoms. The van der Waals surface area contributed by atoms with Crippen molar-refractivity contribution in [2.75, 3.05) is 9.71 Å². The predicted molar refractivity (Wildman–Crippen MR) is 181 cm³/mol.